The minimum Gasteiger partial charge on any atom is -0.310 e. The molecule has 2 aliphatic carbocycles. The molecule has 0 N–H and O–H groups in total. The number of rotatable bonds is 9. The molecule has 0 heterocycles. The molecule has 0 bridgehead atoms. The van der Waals surface area contributed by atoms with Gasteiger partial charge in [-0.2, -0.15) is 0 Å². The summed E-state index contributed by atoms with van der Waals surface area (Å²) in [5.41, 5.74) is 28.3. The summed E-state index contributed by atoms with van der Waals surface area (Å²) >= 11 is 0. The fourth-order valence-electron chi connectivity index (χ4n) is 11.8. The SMILES string of the molecule is CC1(C)c2cc(-c3ccc(-c4ccccc4)cc3)ccc2-c2ccc(N(c3ccc(-c4ccc(-c5ccccc5)cc4)cc3)c3ccc4c(c3)C(C)(C)c3cc(-c5ccc(-c6ccccc6)cc5)ccc3-4)cc21. The third-order valence-electron chi connectivity index (χ3n) is 15.9. The largest absolute Gasteiger partial charge is 0.310 e. The van der Waals surface area contributed by atoms with Crippen LogP contribution in [0.5, 0.6) is 0 Å². The maximum absolute atomic E-state index is 2.47. The van der Waals surface area contributed by atoms with Gasteiger partial charge >= 0.3 is 0 Å². The Balaban J connectivity index is 0.864. The molecule has 0 amide bonds. The van der Waals surface area contributed by atoms with Gasteiger partial charge in [0.2, 0.25) is 0 Å². The van der Waals surface area contributed by atoms with Gasteiger partial charge in [-0.3, -0.25) is 0 Å². The predicted octanol–water partition coefficient (Wildman–Crippen LogP) is 19.8. The van der Waals surface area contributed by atoms with Crippen LogP contribution in [0.4, 0.5) is 17.1 Å². The third kappa shape index (κ3) is 7.72. The number of fused-ring (bicyclic) bond motifs is 6. The number of hydrogen-bond acceptors (Lipinski definition) is 1. The normalized spacial score (nSPS) is 13.4. The molecule has 0 radical (unpaired) electrons. The van der Waals surface area contributed by atoms with Gasteiger partial charge in [0, 0.05) is 27.9 Å². The van der Waals surface area contributed by atoms with Gasteiger partial charge < -0.3 is 4.90 Å². The molecule has 0 saturated heterocycles. The molecule has 73 heavy (non-hydrogen) atoms. The molecule has 0 aromatic heterocycles. The van der Waals surface area contributed by atoms with Crippen LogP contribution in [0.15, 0.2) is 261 Å². The van der Waals surface area contributed by atoms with Crippen LogP contribution in [0.25, 0.3) is 89.0 Å². The van der Waals surface area contributed by atoms with Crippen molar-refractivity contribution in [2.45, 2.75) is 38.5 Å². The van der Waals surface area contributed by atoms with Crippen LogP contribution in [0.1, 0.15) is 49.9 Å². The van der Waals surface area contributed by atoms with E-state index in [9.17, 15) is 0 Å². The Bertz CT molecular complexity index is 3630. The molecule has 13 rings (SSSR count). The minimum absolute atomic E-state index is 0.219. The summed E-state index contributed by atoms with van der Waals surface area (Å²) in [6.07, 6.45) is 0. The first kappa shape index (κ1) is 44.2. The summed E-state index contributed by atoms with van der Waals surface area (Å²) < 4.78 is 0. The standard InChI is InChI=1S/C72H55N/c1-71(2)67-44-58(56-28-24-52(25-29-56)49-16-10-6-11-17-49)34-40-63(67)65-42-38-61(46-69(65)71)73(60-36-32-55(33-37-60)54-22-20-51(21-23-54)48-14-8-5-9-15-48)62-39-43-66-64-41-35-59(45-68(64)72(3,4)70(66)47-62)57-30-26-53(27-31-57)50-18-12-7-13-19-50/h5-47H,1-4H3. The Morgan fingerprint density at radius 1 is 0.205 bits per heavy atom. The molecule has 0 aliphatic heterocycles. The average Bonchev–Trinajstić information content (AvgIpc) is 3.82. The van der Waals surface area contributed by atoms with Crippen LogP contribution < -0.4 is 4.90 Å². The summed E-state index contributed by atoms with van der Waals surface area (Å²) in [4.78, 5) is 2.47. The number of hydrogen-bond donors (Lipinski definition) is 0. The summed E-state index contributed by atoms with van der Waals surface area (Å²) in [5, 5.41) is 0. The monoisotopic (exact) mass is 933 g/mol. The Morgan fingerprint density at radius 3 is 0.740 bits per heavy atom. The van der Waals surface area contributed by atoms with Crippen molar-refractivity contribution < 1.29 is 0 Å². The van der Waals surface area contributed by atoms with Gasteiger partial charge in [-0.1, -0.05) is 240 Å². The predicted molar refractivity (Wildman–Crippen MR) is 309 cm³/mol. The number of anilines is 3. The van der Waals surface area contributed by atoms with Crippen molar-refractivity contribution in [1.82, 2.24) is 0 Å². The van der Waals surface area contributed by atoms with E-state index in [1.807, 2.05) is 0 Å². The van der Waals surface area contributed by atoms with Crippen molar-refractivity contribution in [3.63, 3.8) is 0 Å². The second-order valence-corrected chi connectivity index (χ2v) is 20.9. The van der Waals surface area contributed by atoms with E-state index in [2.05, 4.69) is 293 Å². The highest BCUT2D eigenvalue weighted by Crippen LogP contribution is 2.54. The quantitative estimate of drug-likeness (QED) is 0.139. The van der Waals surface area contributed by atoms with Crippen molar-refractivity contribution in [2.24, 2.45) is 0 Å². The first-order chi connectivity index (χ1) is 35.7. The zero-order valence-electron chi connectivity index (χ0n) is 41.8. The number of nitrogens with zero attached hydrogens (tertiary/aromatic N) is 1. The molecule has 0 unspecified atom stereocenters. The van der Waals surface area contributed by atoms with E-state index < -0.39 is 0 Å². The first-order valence-electron chi connectivity index (χ1n) is 25.6. The van der Waals surface area contributed by atoms with E-state index in [1.54, 1.807) is 0 Å². The minimum atomic E-state index is -0.219. The topological polar surface area (TPSA) is 3.24 Å². The summed E-state index contributed by atoms with van der Waals surface area (Å²) in [6, 6.07) is 96.5. The maximum Gasteiger partial charge on any atom is 0.0465 e. The molecule has 1 nitrogen and oxygen atoms in total. The van der Waals surface area contributed by atoms with Crippen LogP contribution in [0, 0.1) is 0 Å². The van der Waals surface area contributed by atoms with E-state index in [4.69, 9.17) is 0 Å². The van der Waals surface area contributed by atoms with Gasteiger partial charge in [-0.15, -0.1) is 0 Å². The molecule has 348 valence electrons. The van der Waals surface area contributed by atoms with Gasteiger partial charge in [-0.05, 0) is 160 Å². The van der Waals surface area contributed by atoms with E-state index >= 15 is 0 Å². The highest BCUT2D eigenvalue weighted by atomic mass is 15.1. The molecular formula is C72H55N. The van der Waals surface area contributed by atoms with E-state index in [-0.39, 0.29) is 10.8 Å². The Kier molecular flexibility index (Phi) is 10.6. The highest BCUT2D eigenvalue weighted by molar-refractivity contribution is 5.90. The molecule has 0 spiro atoms. The lowest BCUT2D eigenvalue weighted by Crippen LogP contribution is -2.18. The van der Waals surface area contributed by atoms with Crippen LogP contribution >= 0.6 is 0 Å². The van der Waals surface area contributed by atoms with Crippen LogP contribution in [-0.4, -0.2) is 0 Å². The fourth-order valence-corrected chi connectivity index (χ4v) is 11.8. The molecular weight excluding hydrogens is 879 g/mol. The van der Waals surface area contributed by atoms with Gasteiger partial charge in [0.05, 0.1) is 0 Å². The molecule has 0 fully saturated rings. The lowest BCUT2D eigenvalue weighted by Gasteiger charge is -2.30. The lowest BCUT2D eigenvalue weighted by molar-refractivity contribution is 0.660. The number of benzene rings is 11. The van der Waals surface area contributed by atoms with Crippen LogP contribution in [0.2, 0.25) is 0 Å². The van der Waals surface area contributed by atoms with Crippen molar-refractivity contribution in [3.8, 4) is 89.0 Å². The van der Waals surface area contributed by atoms with Gasteiger partial charge in [-0.25, -0.2) is 0 Å². The second kappa shape index (κ2) is 17.5. The molecule has 1 heteroatoms. The van der Waals surface area contributed by atoms with Crippen molar-refractivity contribution >= 4 is 17.1 Å². The fraction of sp³-hybridized carbons (Fsp3) is 0.0833. The summed E-state index contributed by atoms with van der Waals surface area (Å²) in [6.45, 7) is 9.58. The Hall–Kier alpha value is -8.78. The van der Waals surface area contributed by atoms with E-state index in [1.165, 1.54) is 111 Å². The van der Waals surface area contributed by atoms with Gasteiger partial charge in [0.25, 0.3) is 0 Å². The first-order valence-corrected chi connectivity index (χ1v) is 25.6. The Labute approximate surface area is 430 Å². The molecule has 11 aromatic carbocycles. The Morgan fingerprint density at radius 2 is 0.425 bits per heavy atom. The molecule has 0 saturated carbocycles. The van der Waals surface area contributed by atoms with Crippen molar-refractivity contribution in [2.75, 3.05) is 4.90 Å². The summed E-state index contributed by atoms with van der Waals surface area (Å²) in [5.74, 6) is 0. The maximum atomic E-state index is 2.47. The lowest BCUT2D eigenvalue weighted by atomic mass is 9.81. The van der Waals surface area contributed by atoms with Crippen molar-refractivity contribution in [3.05, 3.63) is 283 Å². The smallest absolute Gasteiger partial charge is 0.0465 e. The van der Waals surface area contributed by atoms with Gasteiger partial charge in [0.1, 0.15) is 0 Å². The molecule has 2 aliphatic rings. The average molecular weight is 934 g/mol. The third-order valence-corrected chi connectivity index (χ3v) is 15.9. The van der Waals surface area contributed by atoms with Crippen molar-refractivity contribution in [1.29, 1.82) is 0 Å². The zero-order valence-corrected chi connectivity index (χ0v) is 41.8. The zero-order chi connectivity index (χ0) is 49.3. The second-order valence-electron chi connectivity index (χ2n) is 20.9. The highest BCUT2D eigenvalue weighted by Gasteiger charge is 2.38. The molecule has 0 atom stereocenters. The van der Waals surface area contributed by atoms with Gasteiger partial charge in [0.15, 0.2) is 0 Å². The molecule has 11 aromatic rings. The van der Waals surface area contributed by atoms with E-state index in [0.29, 0.717) is 0 Å². The summed E-state index contributed by atoms with van der Waals surface area (Å²) in [7, 11) is 0. The van der Waals surface area contributed by atoms with E-state index in [0.717, 1.165) is 17.1 Å². The van der Waals surface area contributed by atoms with Crippen LogP contribution in [-0.2, 0) is 10.8 Å². The van der Waals surface area contributed by atoms with Crippen LogP contribution in [0.3, 0.4) is 0 Å².